The molecule has 0 unspecified atom stereocenters. The lowest BCUT2D eigenvalue weighted by Gasteiger charge is -2.14. The van der Waals surface area contributed by atoms with Gasteiger partial charge in [0, 0.05) is 13.6 Å². The molecule has 0 aromatic heterocycles. The lowest BCUT2D eigenvalue weighted by Crippen LogP contribution is -2.30. The first kappa shape index (κ1) is 19.9. The summed E-state index contributed by atoms with van der Waals surface area (Å²) in [4.78, 5) is 15.9. The fraction of sp³-hybridized carbons (Fsp3) is 0.273. The minimum atomic E-state index is -0.0892. The van der Waals surface area contributed by atoms with Crippen LogP contribution in [0.4, 0.5) is 0 Å². The Morgan fingerprint density at radius 2 is 1.82 bits per heavy atom. The van der Waals surface area contributed by atoms with Gasteiger partial charge in [0.2, 0.25) is 0 Å². The Balaban J connectivity index is 1.80. The third-order valence-corrected chi connectivity index (χ3v) is 5.16. The molecular formula is C22H24N2O3S. The van der Waals surface area contributed by atoms with Crippen molar-refractivity contribution < 1.29 is 14.3 Å². The number of methoxy groups -OCH3 is 1. The van der Waals surface area contributed by atoms with Gasteiger partial charge in [-0.25, -0.2) is 0 Å². The molecule has 28 heavy (non-hydrogen) atoms. The van der Waals surface area contributed by atoms with Crippen molar-refractivity contribution >= 4 is 29.3 Å². The molecule has 3 rings (SSSR count). The fourth-order valence-electron chi connectivity index (χ4n) is 2.99. The summed E-state index contributed by atoms with van der Waals surface area (Å²) in [6.45, 7) is 4.97. The van der Waals surface area contributed by atoms with Crippen molar-refractivity contribution in [1.82, 2.24) is 9.80 Å². The molecule has 0 saturated carbocycles. The van der Waals surface area contributed by atoms with Crippen molar-refractivity contribution in [2.75, 3.05) is 20.7 Å². The van der Waals surface area contributed by atoms with Crippen molar-refractivity contribution in [3.05, 3.63) is 64.9 Å². The first-order chi connectivity index (χ1) is 13.4. The van der Waals surface area contributed by atoms with E-state index in [0.717, 1.165) is 11.1 Å². The minimum Gasteiger partial charge on any atom is -0.493 e. The smallest absolute Gasteiger partial charge is 0.276 e. The second-order valence-electron chi connectivity index (χ2n) is 6.61. The average Bonchev–Trinajstić information content (AvgIpc) is 2.90. The number of likely N-dealkylation sites (N-methyl/N-ethyl adjacent to an activating group) is 2. The summed E-state index contributed by atoms with van der Waals surface area (Å²) in [7, 11) is 3.41. The van der Waals surface area contributed by atoms with Gasteiger partial charge in [0.25, 0.3) is 5.91 Å². The van der Waals surface area contributed by atoms with Crippen molar-refractivity contribution in [3.8, 4) is 11.5 Å². The molecule has 0 aliphatic carbocycles. The third-order valence-electron chi connectivity index (χ3n) is 4.67. The Morgan fingerprint density at radius 1 is 1.11 bits per heavy atom. The van der Waals surface area contributed by atoms with E-state index >= 15 is 0 Å². The summed E-state index contributed by atoms with van der Waals surface area (Å²) in [6, 6.07) is 13.8. The first-order valence-corrected chi connectivity index (χ1v) is 9.53. The average molecular weight is 397 g/mol. The summed E-state index contributed by atoms with van der Waals surface area (Å²) >= 11 is 5.34. The van der Waals surface area contributed by atoms with Gasteiger partial charge in [-0.1, -0.05) is 35.9 Å². The Morgan fingerprint density at radius 3 is 2.43 bits per heavy atom. The zero-order chi connectivity index (χ0) is 20.3. The molecule has 146 valence electrons. The number of aryl methyl sites for hydroxylation is 1. The van der Waals surface area contributed by atoms with E-state index in [0.29, 0.717) is 35.5 Å². The second kappa shape index (κ2) is 8.44. The largest absolute Gasteiger partial charge is 0.493 e. The number of rotatable bonds is 6. The van der Waals surface area contributed by atoms with E-state index < -0.39 is 0 Å². The summed E-state index contributed by atoms with van der Waals surface area (Å²) in [5, 5.41) is 0.517. The summed E-state index contributed by atoms with van der Waals surface area (Å²) in [5.41, 5.74) is 3.69. The summed E-state index contributed by atoms with van der Waals surface area (Å²) in [6.07, 6.45) is 1.82. The van der Waals surface area contributed by atoms with Gasteiger partial charge in [-0.05, 0) is 55.4 Å². The van der Waals surface area contributed by atoms with E-state index in [1.165, 1.54) is 5.56 Å². The van der Waals surface area contributed by atoms with E-state index in [9.17, 15) is 4.79 Å². The predicted octanol–water partition coefficient (Wildman–Crippen LogP) is 4.00. The Kier molecular flexibility index (Phi) is 5.99. The molecule has 0 bridgehead atoms. The van der Waals surface area contributed by atoms with E-state index in [2.05, 4.69) is 19.1 Å². The Labute approximate surface area is 171 Å². The maximum atomic E-state index is 12.5. The molecule has 2 aromatic carbocycles. The number of thiocarbonyl (C=S) groups is 1. The van der Waals surface area contributed by atoms with Crippen molar-refractivity contribution in [1.29, 1.82) is 0 Å². The van der Waals surface area contributed by atoms with Gasteiger partial charge >= 0.3 is 0 Å². The SMILES string of the molecule is CCN1C(=O)C(=Cc2ccc(OCc3ccc(C)cc3)c(OC)c2)N(C)C1=S. The highest BCUT2D eigenvalue weighted by Crippen LogP contribution is 2.31. The molecule has 1 amide bonds. The zero-order valence-electron chi connectivity index (χ0n) is 16.6. The first-order valence-electron chi connectivity index (χ1n) is 9.12. The Bertz CT molecular complexity index is 922. The topological polar surface area (TPSA) is 42.0 Å². The van der Waals surface area contributed by atoms with Crippen LogP contribution in [0.25, 0.3) is 6.08 Å². The van der Waals surface area contributed by atoms with Crippen molar-refractivity contribution in [2.45, 2.75) is 20.5 Å². The molecule has 1 saturated heterocycles. The molecule has 0 N–H and O–H groups in total. The molecule has 0 radical (unpaired) electrons. The monoisotopic (exact) mass is 396 g/mol. The van der Waals surface area contributed by atoms with Crippen molar-refractivity contribution in [3.63, 3.8) is 0 Å². The number of hydrogen-bond donors (Lipinski definition) is 0. The van der Waals surface area contributed by atoms with Crippen LogP contribution in [0, 0.1) is 6.92 Å². The number of ether oxygens (including phenoxy) is 2. The molecule has 0 atom stereocenters. The van der Waals surface area contributed by atoms with Crippen LogP contribution in [0.2, 0.25) is 0 Å². The van der Waals surface area contributed by atoms with Crippen LogP contribution in [0.1, 0.15) is 23.6 Å². The fourth-order valence-corrected chi connectivity index (χ4v) is 3.30. The highest BCUT2D eigenvalue weighted by atomic mass is 32.1. The van der Waals surface area contributed by atoms with Crippen LogP contribution in [0.5, 0.6) is 11.5 Å². The molecule has 2 aromatic rings. The molecule has 1 fully saturated rings. The number of hydrogen-bond acceptors (Lipinski definition) is 4. The van der Waals surface area contributed by atoms with Crippen LogP contribution < -0.4 is 9.47 Å². The predicted molar refractivity (Wildman–Crippen MR) is 114 cm³/mol. The number of benzene rings is 2. The van der Waals surface area contributed by atoms with Gasteiger partial charge in [-0.15, -0.1) is 0 Å². The van der Waals surface area contributed by atoms with Gasteiger partial charge < -0.3 is 14.4 Å². The third kappa shape index (κ3) is 4.02. The quantitative estimate of drug-likeness (QED) is 0.545. The Hall–Kier alpha value is -2.86. The zero-order valence-corrected chi connectivity index (χ0v) is 17.4. The molecule has 1 aliphatic rings. The summed E-state index contributed by atoms with van der Waals surface area (Å²) < 4.78 is 11.4. The molecule has 1 heterocycles. The van der Waals surface area contributed by atoms with Crippen LogP contribution in [0.3, 0.4) is 0 Å². The van der Waals surface area contributed by atoms with E-state index in [-0.39, 0.29) is 5.91 Å². The minimum absolute atomic E-state index is 0.0892. The van der Waals surface area contributed by atoms with Crippen LogP contribution in [0.15, 0.2) is 48.2 Å². The van der Waals surface area contributed by atoms with Crippen LogP contribution in [-0.4, -0.2) is 41.5 Å². The van der Waals surface area contributed by atoms with Crippen LogP contribution in [-0.2, 0) is 11.4 Å². The highest BCUT2D eigenvalue weighted by molar-refractivity contribution is 7.80. The van der Waals surface area contributed by atoms with Gasteiger partial charge in [0.15, 0.2) is 16.6 Å². The van der Waals surface area contributed by atoms with Crippen LogP contribution >= 0.6 is 12.2 Å². The van der Waals surface area contributed by atoms with Gasteiger partial charge in [0.1, 0.15) is 12.3 Å². The molecular weight excluding hydrogens is 372 g/mol. The maximum Gasteiger partial charge on any atom is 0.276 e. The van der Waals surface area contributed by atoms with E-state index in [4.69, 9.17) is 21.7 Å². The summed E-state index contributed by atoms with van der Waals surface area (Å²) in [5.74, 6) is 1.18. The molecule has 6 heteroatoms. The van der Waals surface area contributed by atoms with E-state index in [1.807, 2.05) is 43.3 Å². The lowest BCUT2D eigenvalue weighted by atomic mass is 10.1. The number of carbonyl (C=O) groups is 1. The number of nitrogens with zero attached hydrogens (tertiary/aromatic N) is 2. The van der Waals surface area contributed by atoms with Gasteiger partial charge in [-0.2, -0.15) is 0 Å². The molecule has 5 nitrogen and oxygen atoms in total. The normalized spacial score (nSPS) is 15.5. The van der Waals surface area contributed by atoms with Gasteiger partial charge in [-0.3, -0.25) is 9.69 Å². The maximum absolute atomic E-state index is 12.5. The van der Waals surface area contributed by atoms with Crippen molar-refractivity contribution in [2.24, 2.45) is 0 Å². The van der Waals surface area contributed by atoms with E-state index in [1.54, 1.807) is 24.0 Å². The lowest BCUT2D eigenvalue weighted by molar-refractivity contribution is -0.122. The second-order valence-corrected chi connectivity index (χ2v) is 6.97. The number of carbonyl (C=O) groups excluding carboxylic acids is 1. The standard InChI is InChI=1S/C22H24N2O3S/c1-5-24-21(25)18(23(3)22(24)28)12-17-10-11-19(20(13-17)26-4)27-14-16-8-6-15(2)7-9-16/h6-13H,5,14H2,1-4H3. The number of amides is 1. The van der Waals surface area contributed by atoms with Gasteiger partial charge in [0.05, 0.1) is 7.11 Å². The molecule has 1 aliphatic heterocycles. The molecule has 0 spiro atoms. The highest BCUT2D eigenvalue weighted by Gasteiger charge is 2.34.